The standard InChI is InChI=1S/C39H47N3O4/c1-3-35-28-42(29(2)26-41(35)27-30-12-5-4-6-13-30)38(33-16-10-19-36(43)25-33)32-15-9-17-34(24-32)39(46)31-14-7-8-21-40(22-11-18-31)23-20-37(44)45/h1,4-6,9-10,12-13,15-17,19,24-25,29,31,35,38,43H,7-8,11,14,18,20-23,26-28H2,2H3,(H,44,45)/t29-,31?,35+,38?/m0/s1. The highest BCUT2D eigenvalue weighted by molar-refractivity contribution is 5.98. The van der Waals surface area contributed by atoms with Crippen LogP contribution in [-0.2, 0) is 11.3 Å². The summed E-state index contributed by atoms with van der Waals surface area (Å²) in [6, 6.07) is 25.8. The van der Waals surface area contributed by atoms with Crippen molar-refractivity contribution in [3.63, 3.8) is 0 Å². The Labute approximate surface area is 273 Å². The number of ketones is 1. The van der Waals surface area contributed by atoms with E-state index in [2.05, 4.69) is 63.9 Å². The molecular weight excluding hydrogens is 574 g/mol. The van der Waals surface area contributed by atoms with Gasteiger partial charge in [-0.2, -0.15) is 0 Å². The van der Waals surface area contributed by atoms with Gasteiger partial charge in [0.25, 0.3) is 0 Å². The lowest BCUT2D eigenvalue weighted by Gasteiger charge is -2.47. The maximum absolute atomic E-state index is 14.0. The molecule has 2 aliphatic rings. The Kier molecular flexibility index (Phi) is 11.7. The Morgan fingerprint density at radius 1 is 0.913 bits per heavy atom. The van der Waals surface area contributed by atoms with Gasteiger partial charge in [0.05, 0.1) is 18.5 Å². The first-order chi connectivity index (χ1) is 22.3. The third-order valence-corrected chi connectivity index (χ3v) is 9.63. The molecule has 2 fully saturated rings. The SMILES string of the molecule is C#C[C@@H]1CN(C(c2cccc(O)c2)c2cccc(C(=O)C3CCCCN(CCC(=O)O)CCC3)c2)[C@@H](C)CN1Cc1ccccc1. The minimum Gasteiger partial charge on any atom is -0.508 e. The number of aromatic hydroxyl groups is 1. The second kappa shape index (κ2) is 16.0. The molecule has 0 bridgehead atoms. The molecule has 7 nitrogen and oxygen atoms in total. The van der Waals surface area contributed by atoms with Crippen molar-refractivity contribution in [2.24, 2.45) is 5.92 Å². The molecule has 2 N–H and O–H groups in total. The van der Waals surface area contributed by atoms with E-state index in [1.807, 2.05) is 36.4 Å². The molecule has 2 saturated heterocycles. The van der Waals surface area contributed by atoms with Crippen LogP contribution in [0.3, 0.4) is 0 Å². The molecule has 0 radical (unpaired) electrons. The quantitative estimate of drug-likeness (QED) is 0.205. The van der Waals surface area contributed by atoms with Crippen molar-refractivity contribution in [1.29, 1.82) is 0 Å². The molecule has 46 heavy (non-hydrogen) atoms. The van der Waals surface area contributed by atoms with Crippen LogP contribution in [0.15, 0.2) is 78.9 Å². The van der Waals surface area contributed by atoms with Gasteiger partial charge >= 0.3 is 5.97 Å². The predicted octanol–water partition coefficient (Wildman–Crippen LogP) is 6.23. The molecule has 3 aromatic carbocycles. The monoisotopic (exact) mass is 621 g/mol. The number of nitrogens with zero attached hydrogens (tertiary/aromatic N) is 3. The summed E-state index contributed by atoms with van der Waals surface area (Å²) in [4.78, 5) is 32.1. The zero-order valence-corrected chi connectivity index (χ0v) is 26.9. The summed E-state index contributed by atoms with van der Waals surface area (Å²) < 4.78 is 0. The molecule has 242 valence electrons. The number of piperazine rings is 1. The zero-order valence-electron chi connectivity index (χ0n) is 26.9. The minimum absolute atomic E-state index is 0.0554. The van der Waals surface area contributed by atoms with Crippen LogP contribution >= 0.6 is 0 Å². The van der Waals surface area contributed by atoms with Crippen LogP contribution in [0.2, 0.25) is 0 Å². The number of hydrogen-bond donors (Lipinski definition) is 2. The van der Waals surface area contributed by atoms with Gasteiger partial charge in [0, 0.05) is 43.7 Å². The van der Waals surface area contributed by atoms with E-state index >= 15 is 0 Å². The van der Waals surface area contributed by atoms with Crippen molar-refractivity contribution in [3.05, 3.63) is 101 Å². The van der Waals surface area contributed by atoms with Crippen LogP contribution in [0, 0.1) is 18.3 Å². The number of rotatable bonds is 10. The smallest absolute Gasteiger partial charge is 0.304 e. The van der Waals surface area contributed by atoms with Crippen molar-refractivity contribution < 1.29 is 19.8 Å². The molecule has 0 amide bonds. The van der Waals surface area contributed by atoms with Crippen LogP contribution in [0.4, 0.5) is 0 Å². The number of aliphatic carboxylic acids is 1. The average Bonchev–Trinajstić information content (AvgIpc) is 3.17. The first kappa shape index (κ1) is 33.4. The van der Waals surface area contributed by atoms with Gasteiger partial charge in [-0.15, -0.1) is 6.42 Å². The molecule has 5 rings (SSSR count). The second-order valence-electron chi connectivity index (χ2n) is 13.0. The number of hydrogen-bond acceptors (Lipinski definition) is 6. The average molecular weight is 622 g/mol. The minimum atomic E-state index is -0.768. The van der Waals surface area contributed by atoms with Gasteiger partial charge < -0.3 is 15.1 Å². The van der Waals surface area contributed by atoms with Gasteiger partial charge in [-0.25, -0.2) is 0 Å². The largest absolute Gasteiger partial charge is 0.508 e. The lowest BCUT2D eigenvalue weighted by Crippen LogP contribution is -2.57. The highest BCUT2D eigenvalue weighted by Gasteiger charge is 2.36. The number of carboxylic acids is 1. The van der Waals surface area contributed by atoms with Gasteiger partial charge in [-0.05, 0) is 80.6 Å². The van der Waals surface area contributed by atoms with E-state index in [1.54, 1.807) is 6.07 Å². The van der Waals surface area contributed by atoms with E-state index in [9.17, 15) is 14.7 Å². The van der Waals surface area contributed by atoms with Crippen molar-refractivity contribution in [2.45, 2.75) is 70.1 Å². The van der Waals surface area contributed by atoms with Crippen LogP contribution in [-0.4, -0.2) is 81.5 Å². The third-order valence-electron chi connectivity index (χ3n) is 9.63. The van der Waals surface area contributed by atoms with Crippen LogP contribution in [0.1, 0.15) is 78.5 Å². The highest BCUT2D eigenvalue weighted by atomic mass is 16.4. The molecule has 0 saturated carbocycles. The fourth-order valence-electron chi connectivity index (χ4n) is 7.23. The van der Waals surface area contributed by atoms with Crippen molar-refractivity contribution in [3.8, 4) is 18.1 Å². The number of terminal acetylenes is 1. The Hall–Kier alpha value is -3.96. The van der Waals surface area contributed by atoms with Gasteiger partial charge in [0.15, 0.2) is 5.78 Å². The van der Waals surface area contributed by atoms with E-state index in [0.29, 0.717) is 13.1 Å². The summed E-state index contributed by atoms with van der Waals surface area (Å²) in [6.45, 7) is 6.73. The molecule has 4 atom stereocenters. The topological polar surface area (TPSA) is 84.3 Å². The lowest BCUT2D eigenvalue weighted by molar-refractivity contribution is -0.137. The van der Waals surface area contributed by atoms with Crippen LogP contribution < -0.4 is 0 Å². The number of Topliss-reactive ketones (excluding diaryl/α,β-unsaturated/α-hetero) is 1. The molecule has 3 aromatic rings. The van der Waals surface area contributed by atoms with E-state index in [0.717, 1.165) is 75.0 Å². The number of carbonyl (C=O) groups excluding carboxylic acids is 1. The lowest BCUT2D eigenvalue weighted by atomic mass is 9.87. The van der Waals surface area contributed by atoms with Crippen LogP contribution in [0.5, 0.6) is 5.75 Å². The fraction of sp³-hybridized carbons (Fsp3) is 0.436. The van der Waals surface area contributed by atoms with Crippen molar-refractivity contribution >= 4 is 11.8 Å². The number of benzene rings is 3. The van der Waals surface area contributed by atoms with E-state index in [1.165, 1.54) is 5.56 Å². The highest BCUT2D eigenvalue weighted by Crippen LogP contribution is 2.36. The van der Waals surface area contributed by atoms with Crippen molar-refractivity contribution in [2.75, 3.05) is 32.7 Å². The molecule has 7 heteroatoms. The molecular formula is C39H47N3O4. The zero-order chi connectivity index (χ0) is 32.5. The Morgan fingerprint density at radius 2 is 1.63 bits per heavy atom. The Bertz CT molecular complexity index is 1500. The predicted molar refractivity (Wildman–Crippen MR) is 182 cm³/mol. The number of phenols is 1. The van der Waals surface area contributed by atoms with Gasteiger partial charge in [-0.1, -0.05) is 73.0 Å². The summed E-state index contributed by atoms with van der Waals surface area (Å²) in [5.74, 6) is 2.61. The fourth-order valence-corrected chi connectivity index (χ4v) is 7.23. The maximum Gasteiger partial charge on any atom is 0.304 e. The van der Waals surface area contributed by atoms with Crippen molar-refractivity contribution in [1.82, 2.24) is 14.7 Å². The summed E-state index contributed by atoms with van der Waals surface area (Å²) in [5, 5.41) is 19.6. The Balaban J connectivity index is 1.38. The number of carbonyl (C=O) groups is 2. The summed E-state index contributed by atoms with van der Waals surface area (Å²) in [7, 11) is 0. The van der Waals surface area contributed by atoms with Crippen LogP contribution in [0.25, 0.3) is 0 Å². The second-order valence-corrected chi connectivity index (χ2v) is 13.0. The number of phenolic OH excluding ortho intramolecular Hbond substituents is 1. The molecule has 0 aromatic heterocycles. The number of carboxylic acid groups (broad SMARTS) is 1. The Morgan fingerprint density at radius 3 is 2.37 bits per heavy atom. The molecule has 2 aliphatic heterocycles. The molecule has 2 heterocycles. The van der Waals surface area contributed by atoms with Gasteiger partial charge in [0.2, 0.25) is 0 Å². The summed E-state index contributed by atoms with van der Waals surface area (Å²) in [5.41, 5.74) is 3.93. The van der Waals surface area contributed by atoms with Gasteiger partial charge in [-0.3, -0.25) is 19.4 Å². The van der Waals surface area contributed by atoms with Gasteiger partial charge in [0.1, 0.15) is 5.75 Å². The summed E-state index contributed by atoms with van der Waals surface area (Å²) in [6.07, 6.45) is 10.7. The first-order valence-electron chi connectivity index (χ1n) is 16.7. The van der Waals surface area contributed by atoms with E-state index in [-0.39, 0.29) is 42.0 Å². The molecule has 0 aliphatic carbocycles. The third kappa shape index (κ3) is 8.64. The molecule has 2 unspecified atom stereocenters. The van der Waals surface area contributed by atoms with E-state index in [4.69, 9.17) is 11.5 Å². The molecule has 0 spiro atoms. The maximum atomic E-state index is 14.0. The normalized spacial score (nSPS) is 22.6. The summed E-state index contributed by atoms with van der Waals surface area (Å²) >= 11 is 0. The van der Waals surface area contributed by atoms with E-state index < -0.39 is 5.97 Å². The first-order valence-corrected chi connectivity index (χ1v) is 16.7.